The topological polar surface area (TPSA) is 83.4 Å². The Labute approximate surface area is 353 Å². The molecule has 1 aromatic heterocycles. The zero-order chi connectivity index (χ0) is 41.6. The Hall–Kier alpha value is -5.49. The van der Waals surface area contributed by atoms with Crippen LogP contribution in [0.4, 0.5) is 0 Å². The highest BCUT2D eigenvalue weighted by atomic mass is 16.5. The third-order valence-corrected chi connectivity index (χ3v) is 12.4. The Morgan fingerprint density at radius 1 is 0.633 bits per heavy atom. The van der Waals surface area contributed by atoms with Crippen LogP contribution in [0.1, 0.15) is 40.5 Å². The van der Waals surface area contributed by atoms with Crippen LogP contribution >= 0.6 is 0 Å². The minimum absolute atomic E-state index is 0.177. The molecule has 3 heterocycles. The van der Waals surface area contributed by atoms with Gasteiger partial charge in [-0.2, -0.15) is 0 Å². The van der Waals surface area contributed by atoms with Crippen molar-refractivity contribution in [2.24, 2.45) is 0 Å². The summed E-state index contributed by atoms with van der Waals surface area (Å²) >= 11 is 0. The van der Waals surface area contributed by atoms with Gasteiger partial charge in [0.15, 0.2) is 6.17 Å². The van der Waals surface area contributed by atoms with Crippen molar-refractivity contribution >= 4 is 16.9 Å². The lowest BCUT2D eigenvalue weighted by molar-refractivity contribution is -0.143. The Balaban J connectivity index is 1.24. The van der Waals surface area contributed by atoms with Crippen LogP contribution in [0.3, 0.4) is 0 Å². The highest BCUT2D eigenvalue weighted by Crippen LogP contribution is 2.34. The van der Waals surface area contributed by atoms with Crippen molar-refractivity contribution in [3.8, 4) is 22.3 Å². The van der Waals surface area contributed by atoms with Crippen molar-refractivity contribution in [1.82, 2.24) is 29.2 Å². The third-order valence-electron chi connectivity index (χ3n) is 12.4. The van der Waals surface area contributed by atoms with Gasteiger partial charge in [0.25, 0.3) is 11.5 Å². The zero-order valence-corrected chi connectivity index (χ0v) is 35.2. The van der Waals surface area contributed by atoms with Crippen molar-refractivity contribution in [1.29, 1.82) is 0 Å². The number of aryl methyl sites for hydroxylation is 2. The minimum Gasteiger partial charge on any atom is -0.379 e. The predicted molar refractivity (Wildman–Crippen MR) is 239 cm³/mol. The standard InChI is InChI=1S/C50H56N6O4/c1-36-31-44-45(32-37(36)2)56(48(57)33-51-44)49(52(3)46(34-54-23-27-59-28-24-54)42-19-15-40(16-20-42)38-11-7-5-8-12-38)50(58)53(4)47(35-55-25-29-60-30-26-55)43-21-17-41(18-22-43)39-13-9-6-10-14-39/h5-22,31-33,46-47,49H,23-30,34-35H2,1-4H3. The van der Waals surface area contributed by atoms with E-state index in [2.05, 4.69) is 105 Å². The summed E-state index contributed by atoms with van der Waals surface area (Å²) in [5.41, 5.74) is 9.66. The first-order valence-corrected chi connectivity index (χ1v) is 21.1. The summed E-state index contributed by atoms with van der Waals surface area (Å²) < 4.78 is 13.2. The molecule has 0 radical (unpaired) electrons. The van der Waals surface area contributed by atoms with Crippen molar-refractivity contribution in [3.63, 3.8) is 0 Å². The first-order valence-electron chi connectivity index (χ1n) is 21.1. The molecular formula is C50H56N6O4. The van der Waals surface area contributed by atoms with Gasteiger partial charge in [0.05, 0.1) is 49.7 Å². The number of hydrogen-bond donors (Lipinski definition) is 0. The molecule has 8 rings (SSSR count). The number of hydrogen-bond acceptors (Lipinski definition) is 8. The number of aromatic nitrogens is 2. The zero-order valence-electron chi connectivity index (χ0n) is 35.2. The molecule has 10 nitrogen and oxygen atoms in total. The number of fused-ring (bicyclic) bond motifs is 1. The van der Waals surface area contributed by atoms with E-state index >= 15 is 4.79 Å². The second-order valence-corrected chi connectivity index (χ2v) is 16.2. The van der Waals surface area contributed by atoms with Crippen molar-refractivity contribution in [2.45, 2.75) is 32.1 Å². The fraction of sp³-hybridized carbons (Fsp3) is 0.340. The molecule has 2 aliphatic rings. The van der Waals surface area contributed by atoms with Gasteiger partial charge in [-0.3, -0.25) is 28.9 Å². The summed E-state index contributed by atoms with van der Waals surface area (Å²) in [6, 6.07) is 41.4. The normalized spacial score (nSPS) is 16.8. The van der Waals surface area contributed by atoms with Crippen LogP contribution in [0.25, 0.3) is 33.3 Å². The molecule has 0 N–H and O–H groups in total. The number of amides is 1. The predicted octanol–water partition coefficient (Wildman–Crippen LogP) is 7.38. The van der Waals surface area contributed by atoms with Gasteiger partial charge in [-0.1, -0.05) is 109 Å². The lowest BCUT2D eigenvalue weighted by Gasteiger charge is -2.42. The summed E-state index contributed by atoms with van der Waals surface area (Å²) in [6.45, 7) is 11.0. The summed E-state index contributed by atoms with van der Waals surface area (Å²) in [5, 5.41) is 0. The van der Waals surface area contributed by atoms with E-state index in [0.29, 0.717) is 50.6 Å². The van der Waals surface area contributed by atoms with Crippen LogP contribution in [-0.4, -0.2) is 115 Å². The molecule has 60 heavy (non-hydrogen) atoms. The maximum absolute atomic E-state index is 15.9. The third kappa shape index (κ3) is 9.13. The lowest BCUT2D eigenvalue weighted by atomic mass is 9.98. The van der Waals surface area contributed by atoms with Gasteiger partial charge in [-0.15, -0.1) is 0 Å². The summed E-state index contributed by atoms with van der Waals surface area (Å²) in [4.78, 5) is 43.7. The van der Waals surface area contributed by atoms with Gasteiger partial charge in [0, 0.05) is 52.4 Å². The first kappa shape index (κ1) is 41.3. The first-order chi connectivity index (χ1) is 29.2. The quantitative estimate of drug-likeness (QED) is 0.120. The van der Waals surface area contributed by atoms with E-state index in [1.807, 2.05) is 69.2 Å². The molecule has 3 atom stereocenters. The van der Waals surface area contributed by atoms with E-state index in [-0.39, 0.29) is 23.6 Å². The van der Waals surface area contributed by atoms with Crippen LogP contribution in [0.5, 0.6) is 0 Å². The van der Waals surface area contributed by atoms with Crippen LogP contribution in [0, 0.1) is 13.8 Å². The molecule has 310 valence electrons. The Kier molecular flexibility index (Phi) is 12.9. The van der Waals surface area contributed by atoms with Crippen molar-refractivity contribution in [3.05, 3.63) is 160 Å². The number of rotatable bonds is 13. The Bertz CT molecular complexity index is 2410. The largest absolute Gasteiger partial charge is 0.379 e. The average Bonchev–Trinajstić information content (AvgIpc) is 3.30. The van der Waals surface area contributed by atoms with E-state index < -0.39 is 6.17 Å². The number of carbonyl (C=O) groups excluding carboxylic acids is 1. The van der Waals surface area contributed by atoms with E-state index in [1.165, 1.54) is 6.20 Å². The van der Waals surface area contributed by atoms with Crippen molar-refractivity contribution in [2.75, 3.05) is 79.8 Å². The number of likely N-dealkylation sites (N-methyl/N-ethyl adjacent to an activating group) is 2. The summed E-state index contributed by atoms with van der Waals surface area (Å²) in [7, 11) is 3.90. The molecule has 10 heteroatoms. The number of benzene rings is 5. The van der Waals surface area contributed by atoms with E-state index in [9.17, 15) is 4.79 Å². The molecule has 1 amide bonds. The van der Waals surface area contributed by atoms with E-state index in [4.69, 9.17) is 9.47 Å². The Morgan fingerprint density at radius 2 is 1.08 bits per heavy atom. The molecule has 0 spiro atoms. The van der Waals surface area contributed by atoms with Crippen LogP contribution in [0.2, 0.25) is 0 Å². The second kappa shape index (κ2) is 18.8. The molecule has 0 saturated carbocycles. The number of ether oxygens (including phenoxy) is 2. The SMILES string of the molecule is Cc1cc2ncc(=O)n(C(C(=O)N(C)C(CN3CCOCC3)c3ccc(-c4ccccc4)cc3)N(C)C(CN3CCOCC3)c3ccc(-c4ccccc4)cc3)c2cc1C. The van der Waals surface area contributed by atoms with Crippen LogP contribution in [-0.2, 0) is 14.3 Å². The molecule has 0 aliphatic carbocycles. The average molecular weight is 805 g/mol. The van der Waals surface area contributed by atoms with Gasteiger partial charge >= 0.3 is 0 Å². The monoisotopic (exact) mass is 804 g/mol. The summed E-state index contributed by atoms with van der Waals surface area (Å²) in [6.07, 6.45) is 0.357. The van der Waals surface area contributed by atoms with Crippen LogP contribution < -0.4 is 5.56 Å². The molecule has 5 aromatic carbocycles. The molecule has 2 fully saturated rings. The minimum atomic E-state index is -1.01. The Morgan fingerprint density at radius 3 is 1.60 bits per heavy atom. The smallest absolute Gasteiger partial charge is 0.271 e. The molecule has 3 unspecified atom stereocenters. The molecule has 6 aromatic rings. The highest BCUT2D eigenvalue weighted by Gasteiger charge is 2.38. The number of nitrogens with zero attached hydrogens (tertiary/aromatic N) is 6. The fourth-order valence-electron chi connectivity index (χ4n) is 8.65. The number of morpholine rings is 2. The van der Waals surface area contributed by atoms with Crippen LogP contribution in [0.15, 0.2) is 132 Å². The highest BCUT2D eigenvalue weighted by molar-refractivity contribution is 5.84. The fourth-order valence-corrected chi connectivity index (χ4v) is 8.65. The summed E-state index contributed by atoms with van der Waals surface area (Å²) in [5.74, 6) is -0.177. The second-order valence-electron chi connectivity index (χ2n) is 16.2. The van der Waals surface area contributed by atoms with E-state index in [0.717, 1.165) is 70.7 Å². The van der Waals surface area contributed by atoms with Gasteiger partial charge in [-0.05, 0) is 77.5 Å². The molecule has 2 aliphatic heterocycles. The van der Waals surface area contributed by atoms with Crippen molar-refractivity contribution < 1.29 is 14.3 Å². The van der Waals surface area contributed by atoms with Gasteiger partial charge in [0.2, 0.25) is 0 Å². The number of carbonyl (C=O) groups is 1. The molecule has 0 bridgehead atoms. The van der Waals surface area contributed by atoms with Gasteiger partial charge in [0.1, 0.15) is 0 Å². The lowest BCUT2D eigenvalue weighted by Crippen LogP contribution is -2.52. The van der Waals surface area contributed by atoms with E-state index in [1.54, 1.807) is 4.57 Å². The maximum Gasteiger partial charge on any atom is 0.271 e. The van der Waals surface area contributed by atoms with Gasteiger partial charge in [-0.25, -0.2) is 4.98 Å². The van der Waals surface area contributed by atoms with Gasteiger partial charge < -0.3 is 14.4 Å². The maximum atomic E-state index is 15.9. The molecular weight excluding hydrogens is 749 g/mol. The molecule has 2 saturated heterocycles.